The molecule has 1 amide bonds. The van der Waals surface area contributed by atoms with Crippen LogP contribution >= 0.6 is 0 Å². The highest BCUT2D eigenvalue weighted by atomic mass is 19.3. The van der Waals surface area contributed by atoms with E-state index in [-0.39, 0.29) is 11.4 Å². The van der Waals surface area contributed by atoms with Gasteiger partial charge >= 0.3 is 12.6 Å². The molecule has 0 saturated heterocycles. The van der Waals surface area contributed by atoms with E-state index in [0.29, 0.717) is 18.4 Å². The van der Waals surface area contributed by atoms with E-state index in [2.05, 4.69) is 10.1 Å². The number of esters is 1. The van der Waals surface area contributed by atoms with Gasteiger partial charge in [-0.3, -0.25) is 9.59 Å². The molecule has 2 aromatic carbocycles. The average Bonchev–Trinajstić information content (AvgIpc) is 3.20. The van der Waals surface area contributed by atoms with Crippen molar-refractivity contribution in [2.24, 2.45) is 0 Å². The van der Waals surface area contributed by atoms with Crippen molar-refractivity contribution in [2.75, 3.05) is 5.32 Å². The minimum atomic E-state index is -3.05. The Morgan fingerprint density at radius 2 is 1.67 bits per heavy atom. The molecular weight excluding hydrogens is 399 g/mol. The van der Waals surface area contributed by atoms with E-state index in [1.165, 1.54) is 37.3 Å². The van der Waals surface area contributed by atoms with Gasteiger partial charge in [0.1, 0.15) is 11.6 Å². The zero-order chi connectivity index (χ0) is 21.7. The lowest BCUT2D eigenvalue weighted by Crippen LogP contribution is -2.40. The summed E-state index contributed by atoms with van der Waals surface area (Å²) < 4.78 is 48.2. The number of anilines is 1. The number of hydrogen-bond donors (Lipinski definition) is 1. The Hall–Kier alpha value is -3.03. The van der Waals surface area contributed by atoms with Gasteiger partial charge in [0.15, 0.2) is 6.10 Å². The van der Waals surface area contributed by atoms with Gasteiger partial charge in [-0.25, -0.2) is 4.39 Å². The van der Waals surface area contributed by atoms with E-state index >= 15 is 0 Å². The normalized spacial score (nSPS) is 16.2. The van der Waals surface area contributed by atoms with E-state index in [0.717, 1.165) is 12.8 Å². The molecule has 1 aliphatic rings. The Kier molecular flexibility index (Phi) is 6.64. The van der Waals surface area contributed by atoms with Gasteiger partial charge in [-0.05, 0) is 49.6 Å². The first-order valence-electron chi connectivity index (χ1n) is 9.64. The number of halogens is 3. The number of carbonyl (C=O) groups is 2. The lowest BCUT2D eigenvalue weighted by molar-refractivity contribution is -0.159. The van der Waals surface area contributed by atoms with E-state index in [9.17, 15) is 22.8 Å². The molecular formula is C22H22F3NO4. The second-order valence-corrected chi connectivity index (χ2v) is 7.21. The third kappa shape index (κ3) is 4.75. The first kappa shape index (κ1) is 21.7. The molecule has 160 valence electrons. The molecule has 1 aliphatic carbocycles. The summed E-state index contributed by atoms with van der Waals surface area (Å²) in [5.74, 6) is -1.84. The molecule has 0 spiro atoms. The van der Waals surface area contributed by atoms with Crippen LogP contribution in [0.25, 0.3) is 0 Å². The van der Waals surface area contributed by atoms with E-state index < -0.39 is 35.8 Å². The van der Waals surface area contributed by atoms with Crippen LogP contribution < -0.4 is 10.1 Å². The van der Waals surface area contributed by atoms with Crippen LogP contribution in [-0.2, 0) is 19.7 Å². The third-order valence-corrected chi connectivity index (χ3v) is 5.26. The molecule has 2 aromatic rings. The summed E-state index contributed by atoms with van der Waals surface area (Å²) in [6, 6.07) is 11.4. The molecule has 0 radical (unpaired) electrons. The molecule has 1 atom stereocenters. The quantitative estimate of drug-likeness (QED) is 0.652. The minimum absolute atomic E-state index is 0.0415. The Labute approximate surface area is 172 Å². The van der Waals surface area contributed by atoms with Gasteiger partial charge in [-0.1, -0.05) is 37.1 Å². The van der Waals surface area contributed by atoms with Gasteiger partial charge in [0, 0.05) is 0 Å². The van der Waals surface area contributed by atoms with Gasteiger partial charge in [0.2, 0.25) is 0 Å². The van der Waals surface area contributed by atoms with Crippen LogP contribution in [0.3, 0.4) is 0 Å². The third-order valence-electron chi connectivity index (χ3n) is 5.26. The molecule has 0 aliphatic heterocycles. The largest absolute Gasteiger partial charge is 0.452 e. The first-order chi connectivity index (χ1) is 14.3. The monoisotopic (exact) mass is 421 g/mol. The van der Waals surface area contributed by atoms with Crippen molar-refractivity contribution in [3.05, 3.63) is 59.9 Å². The second kappa shape index (κ2) is 9.19. The highest BCUT2D eigenvalue weighted by Gasteiger charge is 2.45. The molecule has 5 nitrogen and oxygen atoms in total. The van der Waals surface area contributed by atoms with Gasteiger partial charge in [-0.15, -0.1) is 0 Å². The maximum absolute atomic E-state index is 13.3. The average molecular weight is 421 g/mol. The Balaban J connectivity index is 1.71. The zero-order valence-corrected chi connectivity index (χ0v) is 16.4. The molecule has 3 rings (SSSR count). The zero-order valence-electron chi connectivity index (χ0n) is 16.4. The minimum Gasteiger partial charge on any atom is -0.452 e. The lowest BCUT2D eigenvalue weighted by Gasteiger charge is -2.28. The summed E-state index contributed by atoms with van der Waals surface area (Å²) in [5, 5.41) is 2.45. The number of para-hydroxylation sites is 2. The number of ether oxygens (including phenoxy) is 2. The van der Waals surface area contributed by atoms with Crippen LogP contribution in [0.1, 0.15) is 38.2 Å². The summed E-state index contributed by atoms with van der Waals surface area (Å²) in [6.07, 6.45) is 1.53. The second-order valence-electron chi connectivity index (χ2n) is 7.21. The molecule has 0 bridgehead atoms. The SMILES string of the molecule is C[C@@H](OC(=O)C1(c2ccc(F)cc2)CCCC1)C(=O)Nc1ccccc1OC(F)F. The molecule has 0 aromatic heterocycles. The molecule has 8 heteroatoms. The molecule has 30 heavy (non-hydrogen) atoms. The van der Waals surface area contributed by atoms with Crippen molar-refractivity contribution in [2.45, 2.75) is 50.7 Å². The van der Waals surface area contributed by atoms with E-state index in [1.54, 1.807) is 18.2 Å². The predicted octanol–water partition coefficient (Wildman–Crippen LogP) is 4.81. The summed E-state index contributed by atoms with van der Waals surface area (Å²) in [5.41, 5.74) is -0.242. The number of alkyl halides is 2. The van der Waals surface area contributed by atoms with Crippen molar-refractivity contribution in [3.63, 3.8) is 0 Å². The number of nitrogens with one attached hydrogen (secondary N) is 1. The summed E-state index contributed by atoms with van der Waals surface area (Å²) >= 11 is 0. The Morgan fingerprint density at radius 1 is 1.03 bits per heavy atom. The number of rotatable bonds is 7. The molecule has 1 saturated carbocycles. The number of carbonyl (C=O) groups excluding carboxylic acids is 2. The van der Waals surface area contributed by atoms with Crippen molar-refractivity contribution < 1.29 is 32.2 Å². The summed E-state index contributed by atoms with van der Waals surface area (Å²) in [4.78, 5) is 25.5. The fraction of sp³-hybridized carbons (Fsp3) is 0.364. The van der Waals surface area contributed by atoms with Crippen LogP contribution in [0, 0.1) is 5.82 Å². The molecule has 0 unspecified atom stereocenters. The van der Waals surface area contributed by atoms with E-state index in [4.69, 9.17) is 4.74 Å². The summed E-state index contributed by atoms with van der Waals surface area (Å²) in [6.45, 7) is -1.65. The van der Waals surface area contributed by atoms with Gasteiger partial charge < -0.3 is 14.8 Å². The van der Waals surface area contributed by atoms with Gasteiger partial charge in [0.05, 0.1) is 11.1 Å². The number of hydrogen-bond acceptors (Lipinski definition) is 4. The highest BCUT2D eigenvalue weighted by Crippen LogP contribution is 2.42. The maximum atomic E-state index is 13.3. The lowest BCUT2D eigenvalue weighted by atomic mass is 9.79. The first-order valence-corrected chi connectivity index (χ1v) is 9.64. The topological polar surface area (TPSA) is 64.6 Å². The maximum Gasteiger partial charge on any atom is 0.387 e. The molecule has 1 fully saturated rings. The predicted molar refractivity (Wildman–Crippen MR) is 104 cm³/mol. The van der Waals surface area contributed by atoms with Crippen molar-refractivity contribution in [1.29, 1.82) is 0 Å². The Morgan fingerprint density at radius 3 is 2.30 bits per heavy atom. The fourth-order valence-corrected chi connectivity index (χ4v) is 3.69. The van der Waals surface area contributed by atoms with Crippen LogP contribution in [0.15, 0.2) is 48.5 Å². The number of amides is 1. The molecule has 0 heterocycles. The van der Waals surface area contributed by atoms with Crippen LogP contribution in [-0.4, -0.2) is 24.6 Å². The van der Waals surface area contributed by atoms with Crippen molar-refractivity contribution >= 4 is 17.6 Å². The number of benzene rings is 2. The highest BCUT2D eigenvalue weighted by molar-refractivity contribution is 5.97. The van der Waals surface area contributed by atoms with Gasteiger partial charge in [-0.2, -0.15) is 8.78 Å². The van der Waals surface area contributed by atoms with Crippen molar-refractivity contribution in [3.8, 4) is 5.75 Å². The fourth-order valence-electron chi connectivity index (χ4n) is 3.69. The van der Waals surface area contributed by atoms with E-state index in [1.807, 2.05) is 0 Å². The van der Waals surface area contributed by atoms with Crippen molar-refractivity contribution in [1.82, 2.24) is 0 Å². The van der Waals surface area contributed by atoms with Crippen LogP contribution in [0.4, 0.5) is 18.9 Å². The van der Waals surface area contributed by atoms with Crippen LogP contribution in [0.5, 0.6) is 5.75 Å². The standard InChI is InChI=1S/C22H22F3NO4/c1-14(19(27)26-17-6-2-3-7-18(17)30-21(24)25)29-20(28)22(12-4-5-13-22)15-8-10-16(23)11-9-15/h2-3,6-11,14,21H,4-5,12-13H2,1H3,(H,26,27)/t14-/m1/s1. The smallest absolute Gasteiger partial charge is 0.387 e. The Bertz CT molecular complexity index is 896. The summed E-state index contributed by atoms with van der Waals surface area (Å²) in [7, 11) is 0. The van der Waals surface area contributed by atoms with Crippen LogP contribution in [0.2, 0.25) is 0 Å². The molecule has 1 N–H and O–H groups in total. The van der Waals surface area contributed by atoms with Gasteiger partial charge in [0.25, 0.3) is 5.91 Å².